The van der Waals surface area contributed by atoms with Crippen molar-refractivity contribution in [1.29, 1.82) is 0 Å². The molecular weight excluding hydrogens is 299 g/mol. The molecule has 0 amide bonds. The molecule has 114 valence electrons. The van der Waals surface area contributed by atoms with Crippen molar-refractivity contribution in [2.75, 3.05) is 0 Å². The van der Waals surface area contributed by atoms with E-state index in [-0.39, 0.29) is 17.6 Å². The molecule has 0 bridgehead atoms. The number of hydrogen-bond donors (Lipinski definition) is 1. The van der Waals surface area contributed by atoms with E-state index in [0.717, 1.165) is 5.69 Å². The van der Waals surface area contributed by atoms with Crippen molar-refractivity contribution in [1.82, 2.24) is 4.98 Å². The minimum absolute atomic E-state index is 0.163. The van der Waals surface area contributed by atoms with Gasteiger partial charge in [0.25, 0.3) is 0 Å². The summed E-state index contributed by atoms with van der Waals surface area (Å²) < 4.78 is 49.0. The smallest absolute Gasteiger partial charge is 0.417 e. The lowest BCUT2D eigenvalue weighted by atomic mass is 10.1. The highest BCUT2D eigenvalue weighted by Crippen LogP contribution is 2.34. The van der Waals surface area contributed by atoms with E-state index >= 15 is 0 Å². The third kappa shape index (κ3) is 2.83. The second-order valence-electron chi connectivity index (χ2n) is 4.62. The van der Waals surface area contributed by atoms with Crippen molar-refractivity contribution in [2.24, 2.45) is 0 Å². The fraction of sp³-hybridized carbons (Fsp3) is 0.133. The number of nitrogens with one attached hydrogen (secondary N) is 1. The van der Waals surface area contributed by atoms with E-state index in [1.807, 2.05) is 6.07 Å². The van der Waals surface area contributed by atoms with Gasteiger partial charge in [0.15, 0.2) is 0 Å². The minimum atomic E-state index is -4.62. The molecule has 1 N–H and O–H groups in total. The molecule has 22 heavy (non-hydrogen) atoms. The fourth-order valence-electron chi connectivity index (χ4n) is 2.09. The predicted octanol–water partition coefficient (Wildman–Crippen LogP) is 3.72. The highest BCUT2D eigenvalue weighted by Gasteiger charge is 2.33. The van der Waals surface area contributed by atoms with Crippen LogP contribution in [0.25, 0.3) is 11.0 Å². The van der Waals surface area contributed by atoms with Crippen LogP contribution in [0.4, 0.5) is 13.2 Å². The number of rotatable bonds is 3. The Morgan fingerprint density at radius 3 is 2.68 bits per heavy atom. The van der Waals surface area contributed by atoms with Crippen LogP contribution >= 0.6 is 0 Å². The van der Waals surface area contributed by atoms with Crippen molar-refractivity contribution in [2.45, 2.75) is 12.8 Å². The highest BCUT2D eigenvalue weighted by molar-refractivity contribution is 5.82. The van der Waals surface area contributed by atoms with Crippen molar-refractivity contribution in [3.63, 3.8) is 0 Å². The Bertz CT molecular complexity index is 851. The molecule has 0 unspecified atom stereocenters. The van der Waals surface area contributed by atoms with Gasteiger partial charge in [0, 0.05) is 23.7 Å². The average Bonchev–Trinajstić information content (AvgIpc) is 2.96. The fourth-order valence-corrected chi connectivity index (χ4v) is 2.09. The van der Waals surface area contributed by atoms with E-state index in [1.165, 1.54) is 18.2 Å². The lowest BCUT2D eigenvalue weighted by Crippen LogP contribution is -2.11. The molecule has 0 fully saturated rings. The third-order valence-electron chi connectivity index (χ3n) is 3.08. The lowest BCUT2D eigenvalue weighted by molar-refractivity contribution is -0.136. The Hall–Kier alpha value is -2.70. The maximum absolute atomic E-state index is 12.9. The summed E-state index contributed by atoms with van der Waals surface area (Å²) in [5.74, 6) is 0.310. The van der Waals surface area contributed by atoms with Gasteiger partial charge in [-0.15, -0.1) is 0 Å². The molecule has 7 heteroatoms. The standard InChI is InChI=1S/C15H10F3NO3/c16-15(17,18)12-7-14(20)22-13-6-10(3-4-11(12)13)21-8-9-2-1-5-19-9/h1-7,19H,8H2. The number of fused-ring (bicyclic) bond motifs is 1. The van der Waals surface area contributed by atoms with Gasteiger partial charge in [-0.3, -0.25) is 0 Å². The summed E-state index contributed by atoms with van der Waals surface area (Å²) in [6, 6.07) is 7.96. The van der Waals surface area contributed by atoms with Gasteiger partial charge in [0.1, 0.15) is 17.9 Å². The van der Waals surface area contributed by atoms with Crippen LogP contribution < -0.4 is 10.4 Å². The molecular formula is C15H10F3NO3. The van der Waals surface area contributed by atoms with Crippen LogP contribution in [0.15, 0.2) is 51.8 Å². The van der Waals surface area contributed by atoms with Crippen molar-refractivity contribution >= 4 is 11.0 Å². The van der Waals surface area contributed by atoms with E-state index in [0.29, 0.717) is 11.8 Å². The van der Waals surface area contributed by atoms with E-state index in [4.69, 9.17) is 9.15 Å². The zero-order valence-electron chi connectivity index (χ0n) is 11.1. The molecule has 0 saturated heterocycles. The van der Waals surface area contributed by atoms with Gasteiger partial charge < -0.3 is 14.1 Å². The summed E-state index contributed by atoms with van der Waals surface area (Å²) >= 11 is 0. The third-order valence-corrected chi connectivity index (χ3v) is 3.08. The molecule has 0 saturated carbocycles. The molecule has 2 aromatic heterocycles. The Labute approximate surface area is 122 Å². The van der Waals surface area contributed by atoms with Gasteiger partial charge in [-0.25, -0.2) is 4.79 Å². The van der Waals surface area contributed by atoms with Crippen LogP contribution in [-0.4, -0.2) is 4.98 Å². The Morgan fingerprint density at radius 2 is 2.00 bits per heavy atom. The van der Waals surface area contributed by atoms with Gasteiger partial charge in [-0.2, -0.15) is 13.2 Å². The summed E-state index contributed by atoms with van der Waals surface area (Å²) in [6.45, 7) is 0.224. The van der Waals surface area contributed by atoms with Gasteiger partial charge in [-0.05, 0) is 24.3 Å². The van der Waals surface area contributed by atoms with Crippen LogP contribution in [0.3, 0.4) is 0 Å². The van der Waals surface area contributed by atoms with Crippen molar-refractivity contribution in [3.05, 3.63) is 64.3 Å². The maximum atomic E-state index is 12.9. The zero-order chi connectivity index (χ0) is 15.7. The first-order valence-corrected chi connectivity index (χ1v) is 6.34. The van der Waals surface area contributed by atoms with Crippen LogP contribution in [0.2, 0.25) is 0 Å². The molecule has 0 radical (unpaired) electrons. The van der Waals surface area contributed by atoms with E-state index < -0.39 is 17.4 Å². The van der Waals surface area contributed by atoms with Crippen LogP contribution in [-0.2, 0) is 12.8 Å². The molecule has 0 spiro atoms. The maximum Gasteiger partial charge on any atom is 0.417 e. The molecule has 0 atom stereocenters. The van der Waals surface area contributed by atoms with Crippen molar-refractivity contribution < 1.29 is 22.3 Å². The Morgan fingerprint density at radius 1 is 1.18 bits per heavy atom. The number of aromatic nitrogens is 1. The number of hydrogen-bond acceptors (Lipinski definition) is 3. The Balaban J connectivity index is 1.98. The summed E-state index contributed by atoms with van der Waals surface area (Å²) in [5, 5.41) is -0.181. The number of aromatic amines is 1. The molecule has 4 nitrogen and oxygen atoms in total. The molecule has 0 aliphatic rings. The lowest BCUT2D eigenvalue weighted by Gasteiger charge is -2.10. The molecule has 0 aliphatic carbocycles. The van der Waals surface area contributed by atoms with Crippen LogP contribution in [0, 0.1) is 0 Å². The number of H-pyrrole nitrogens is 1. The predicted molar refractivity (Wildman–Crippen MR) is 72.6 cm³/mol. The molecule has 2 heterocycles. The first-order chi connectivity index (χ1) is 10.4. The van der Waals surface area contributed by atoms with Gasteiger partial charge in [0.05, 0.1) is 11.3 Å². The quantitative estimate of drug-likeness (QED) is 0.750. The van der Waals surface area contributed by atoms with E-state index in [1.54, 1.807) is 12.3 Å². The van der Waals surface area contributed by atoms with Crippen molar-refractivity contribution in [3.8, 4) is 5.75 Å². The SMILES string of the molecule is O=c1cc(C(F)(F)F)c2ccc(OCc3ccc[nH]3)cc2o1. The second-order valence-corrected chi connectivity index (χ2v) is 4.62. The number of halogens is 3. The summed E-state index contributed by atoms with van der Waals surface area (Å²) in [4.78, 5) is 14.2. The van der Waals surface area contributed by atoms with E-state index in [9.17, 15) is 18.0 Å². The van der Waals surface area contributed by atoms with E-state index in [2.05, 4.69) is 4.98 Å². The summed E-state index contributed by atoms with van der Waals surface area (Å²) in [7, 11) is 0. The number of ether oxygens (including phenoxy) is 1. The average molecular weight is 309 g/mol. The van der Waals surface area contributed by atoms with Gasteiger partial charge in [0.2, 0.25) is 0 Å². The highest BCUT2D eigenvalue weighted by atomic mass is 19.4. The molecule has 0 aliphatic heterocycles. The topological polar surface area (TPSA) is 55.2 Å². The largest absolute Gasteiger partial charge is 0.487 e. The number of alkyl halides is 3. The molecule has 1 aromatic carbocycles. The van der Waals surface area contributed by atoms with Gasteiger partial charge in [-0.1, -0.05) is 0 Å². The second kappa shape index (κ2) is 5.25. The first kappa shape index (κ1) is 14.2. The van der Waals surface area contributed by atoms with Crippen LogP contribution in [0.5, 0.6) is 5.75 Å². The van der Waals surface area contributed by atoms with Crippen LogP contribution in [0.1, 0.15) is 11.3 Å². The number of benzene rings is 1. The molecule has 3 rings (SSSR count). The normalized spacial score (nSPS) is 11.8. The first-order valence-electron chi connectivity index (χ1n) is 6.34. The van der Waals surface area contributed by atoms with Gasteiger partial charge >= 0.3 is 11.8 Å². The monoisotopic (exact) mass is 309 g/mol. The minimum Gasteiger partial charge on any atom is -0.487 e. The zero-order valence-corrected chi connectivity index (χ0v) is 11.1. The summed E-state index contributed by atoms with van der Waals surface area (Å²) in [5.41, 5.74) is -1.43. The summed E-state index contributed by atoms with van der Waals surface area (Å²) in [6.07, 6.45) is -2.89. The molecule has 3 aromatic rings. The Kier molecular flexibility index (Phi) is 3.40.